The second kappa shape index (κ2) is 10.0. The van der Waals surface area contributed by atoms with Gasteiger partial charge in [-0.25, -0.2) is 4.79 Å². The lowest BCUT2D eigenvalue weighted by Crippen LogP contribution is -2.52. The maximum absolute atomic E-state index is 12.4. The first kappa shape index (κ1) is 20.8. The van der Waals surface area contributed by atoms with Crippen LogP contribution in [0.5, 0.6) is 5.75 Å². The highest BCUT2D eigenvalue weighted by Gasteiger charge is 2.22. The molecule has 8 heteroatoms. The minimum atomic E-state index is -0.135. The lowest BCUT2D eigenvalue weighted by molar-refractivity contribution is -0.114. The molecule has 7 nitrogen and oxygen atoms in total. The fourth-order valence-electron chi connectivity index (χ4n) is 3.16. The lowest BCUT2D eigenvalue weighted by atomic mass is 10.2. The zero-order valence-electron chi connectivity index (χ0n) is 16.4. The highest BCUT2D eigenvalue weighted by molar-refractivity contribution is 6.33. The van der Waals surface area contributed by atoms with Gasteiger partial charge in [-0.15, -0.1) is 0 Å². The molecule has 0 aliphatic carbocycles. The van der Waals surface area contributed by atoms with Gasteiger partial charge in [-0.1, -0.05) is 29.8 Å². The van der Waals surface area contributed by atoms with Gasteiger partial charge in [0.05, 0.1) is 17.3 Å². The van der Waals surface area contributed by atoms with Crippen LogP contribution in [0, 0.1) is 0 Å². The molecule has 3 amide bonds. The Bertz CT molecular complexity index is 853. The van der Waals surface area contributed by atoms with Gasteiger partial charge in [-0.3, -0.25) is 4.79 Å². The van der Waals surface area contributed by atoms with Gasteiger partial charge in [0.2, 0.25) is 5.91 Å². The van der Waals surface area contributed by atoms with E-state index in [0.29, 0.717) is 37.7 Å². The first-order valence-corrected chi connectivity index (χ1v) is 9.93. The molecule has 1 aliphatic heterocycles. The number of nitrogens with zero attached hydrogens (tertiary/aromatic N) is 2. The molecule has 2 aromatic carbocycles. The number of ether oxygens (including phenoxy) is 1. The van der Waals surface area contributed by atoms with E-state index in [1.54, 1.807) is 29.2 Å². The van der Waals surface area contributed by atoms with Gasteiger partial charge >= 0.3 is 6.03 Å². The fourth-order valence-corrected chi connectivity index (χ4v) is 3.42. The standard InChI is InChI=1S/C21H25ClN4O3/c1-16(27)24-17-5-4-6-18(15-17)29-14-9-23-21(28)26-12-10-25(11-13-26)20-8-3-2-7-19(20)22/h2-8,15H,9-14H2,1H3,(H,23,28)(H,24,27). The first-order valence-electron chi connectivity index (χ1n) is 9.55. The van der Waals surface area contributed by atoms with Crippen molar-refractivity contribution in [2.75, 3.05) is 49.5 Å². The van der Waals surface area contributed by atoms with E-state index in [1.165, 1.54) is 6.92 Å². The second-order valence-corrected chi connectivity index (χ2v) is 7.12. The number of piperazine rings is 1. The summed E-state index contributed by atoms with van der Waals surface area (Å²) < 4.78 is 5.65. The van der Waals surface area contributed by atoms with E-state index in [4.69, 9.17) is 16.3 Å². The molecule has 0 bridgehead atoms. The molecular formula is C21H25ClN4O3. The van der Waals surface area contributed by atoms with E-state index in [9.17, 15) is 9.59 Å². The molecule has 1 saturated heterocycles. The first-order chi connectivity index (χ1) is 14.0. The molecule has 29 heavy (non-hydrogen) atoms. The van der Waals surface area contributed by atoms with Crippen LogP contribution >= 0.6 is 11.6 Å². The normalized spacial score (nSPS) is 13.7. The highest BCUT2D eigenvalue weighted by Crippen LogP contribution is 2.26. The lowest BCUT2D eigenvalue weighted by Gasteiger charge is -2.36. The van der Waals surface area contributed by atoms with Crippen LogP contribution in [0.1, 0.15) is 6.92 Å². The topological polar surface area (TPSA) is 73.9 Å². The van der Waals surface area contributed by atoms with E-state index in [2.05, 4.69) is 15.5 Å². The summed E-state index contributed by atoms with van der Waals surface area (Å²) in [5.41, 5.74) is 1.68. The third-order valence-corrected chi connectivity index (χ3v) is 4.88. The van der Waals surface area contributed by atoms with Gasteiger partial charge in [0.25, 0.3) is 0 Å². The monoisotopic (exact) mass is 416 g/mol. The van der Waals surface area contributed by atoms with Gasteiger partial charge in [0, 0.05) is 44.9 Å². The summed E-state index contributed by atoms with van der Waals surface area (Å²) >= 11 is 6.26. The van der Waals surface area contributed by atoms with Crippen LogP contribution in [0.25, 0.3) is 0 Å². The van der Waals surface area contributed by atoms with Crippen LogP contribution in [0.4, 0.5) is 16.2 Å². The molecule has 1 heterocycles. The van der Waals surface area contributed by atoms with E-state index in [0.717, 1.165) is 23.8 Å². The SMILES string of the molecule is CC(=O)Nc1cccc(OCCNC(=O)N2CCN(c3ccccc3Cl)CC2)c1. The van der Waals surface area contributed by atoms with E-state index < -0.39 is 0 Å². The predicted octanol–water partition coefficient (Wildman–Crippen LogP) is 3.21. The van der Waals surface area contributed by atoms with E-state index in [1.807, 2.05) is 24.3 Å². The third kappa shape index (κ3) is 6.02. The number of anilines is 2. The molecule has 0 radical (unpaired) electrons. The molecule has 2 N–H and O–H groups in total. The van der Waals surface area contributed by atoms with Crippen molar-refractivity contribution in [3.63, 3.8) is 0 Å². The summed E-state index contributed by atoms with van der Waals surface area (Å²) in [6.07, 6.45) is 0. The van der Waals surface area contributed by atoms with Gasteiger partial charge in [-0.2, -0.15) is 0 Å². The zero-order valence-corrected chi connectivity index (χ0v) is 17.1. The Balaban J connectivity index is 1.38. The Morgan fingerprint density at radius 2 is 1.83 bits per heavy atom. The number of urea groups is 1. The number of benzene rings is 2. The number of carbonyl (C=O) groups is 2. The minimum Gasteiger partial charge on any atom is -0.492 e. The number of hydrogen-bond donors (Lipinski definition) is 2. The predicted molar refractivity (Wildman–Crippen MR) is 115 cm³/mol. The molecule has 0 atom stereocenters. The molecule has 0 unspecified atom stereocenters. The van der Waals surface area contributed by atoms with Crippen molar-refractivity contribution in [2.24, 2.45) is 0 Å². The molecular weight excluding hydrogens is 392 g/mol. The van der Waals surface area contributed by atoms with E-state index >= 15 is 0 Å². The van der Waals surface area contributed by atoms with Crippen molar-refractivity contribution in [3.8, 4) is 5.75 Å². The average Bonchev–Trinajstić information content (AvgIpc) is 2.71. The summed E-state index contributed by atoms with van der Waals surface area (Å²) in [4.78, 5) is 27.5. The summed E-state index contributed by atoms with van der Waals surface area (Å²) in [6.45, 7) is 4.95. The van der Waals surface area contributed by atoms with Gasteiger partial charge in [0.1, 0.15) is 12.4 Å². The Labute approximate surface area is 175 Å². The fraction of sp³-hybridized carbons (Fsp3) is 0.333. The summed E-state index contributed by atoms with van der Waals surface area (Å²) in [5.74, 6) is 0.503. The van der Waals surface area contributed by atoms with Crippen molar-refractivity contribution in [3.05, 3.63) is 53.6 Å². The summed E-state index contributed by atoms with van der Waals surface area (Å²) in [6, 6.07) is 14.8. The van der Waals surface area contributed by atoms with Gasteiger partial charge < -0.3 is 25.2 Å². The molecule has 0 aromatic heterocycles. The van der Waals surface area contributed by atoms with E-state index in [-0.39, 0.29) is 11.9 Å². The van der Waals surface area contributed by atoms with Crippen molar-refractivity contribution >= 4 is 34.9 Å². The van der Waals surface area contributed by atoms with Crippen molar-refractivity contribution in [1.82, 2.24) is 10.2 Å². The number of rotatable bonds is 6. The maximum atomic E-state index is 12.4. The number of halogens is 1. The number of hydrogen-bond acceptors (Lipinski definition) is 4. The number of nitrogens with one attached hydrogen (secondary N) is 2. The van der Waals surface area contributed by atoms with Crippen molar-refractivity contribution in [1.29, 1.82) is 0 Å². The third-order valence-electron chi connectivity index (χ3n) is 4.56. The quantitative estimate of drug-likeness (QED) is 0.709. The van der Waals surface area contributed by atoms with Gasteiger partial charge in [-0.05, 0) is 24.3 Å². The molecule has 1 fully saturated rings. The molecule has 154 valence electrons. The van der Waals surface area contributed by atoms with Crippen LogP contribution in [-0.4, -0.2) is 56.2 Å². The largest absolute Gasteiger partial charge is 0.492 e. The maximum Gasteiger partial charge on any atom is 0.317 e. The van der Waals surface area contributed by atoms with Crippen LogP contribution in [0.15, 0.2) is 48.5 Å². The Hall–Kier alpha value is -2.93. The second-order valence-electron chi connectivity index (χ2n) is 6.71. The average molecular weight is 417 g/mol. The van der Waals surface area contributed by atoms with Crippen LogP contribution in [0.2, 0.25) is 5.02 Å². The Morgan fingerprint density at radius 1 is 1.07 bits per heavy atom. The number of carbonyl (C=O) groups excluding carboxylic acids is 2. The summed E-state index contributed by atoms with van der Waals surface area (Å²) in [7, 11) is 0. The smallest absolute Gasteiger partial charge is 0.317 e. The molecule has 2 aromatic rings. The molecule has 0 saturated carbocycles. The number of para-hydroxylation sites is 1. The van der Waals surface area contributed by atoms with Crippen molar-refractivity contribution in [2.45, 2.75) is 6.92 Å². The van der Waals surface area contributed by atoms with Crippen LogP contribution < -0.4 is 20.3 Å². The molecule has 1 aliphatic rings. The summed E-state index contributed by atoms with van der Waals surface area (Å²) in [5, 5.41) is 6.32. The molecule has 3 rings (SSSR count). The number of amides is 3. The Morgan fingerprint density at radius 3 is 2.55 bits per heavy atom. The Kier molecular flexibility index (Phi) is 7.19. The van der Waals surface area contributed by atoms with Crippen molar-refractivity contribution < 1.29 is 14.3 Å². The minimum absolute atomic E-state index is 0.0978. The zero-order chi connectivity index (χ0) is 20.6. The van der Waals surface area contributed by atoms with Crippen LogP contribution in [-0.2, 0) is 4.79 Å². The highest BCUT2D eigenvalue weighted by atomic mass is 35.5. The molecule has 0 spiro atoms. The van der Waals surface area contributed by atoms with Gasteiger partial charge in [0.15, 0.2) is 0 Å². The van der Waals surface area contributed by atoms with Crippen LogP contribution in [0.3, 0.4) is 0 Å².